The first kappa shape index (κ1) is 25.3. The van der Waals surface area contributed by atoms with Crippen molar-refractivity contribution >= 4 is 57.0 Å². The molecular formula is C26H23ClN4O4S2. The molecule has 2 heterocycles. The fraction of sp³-hybridized carbons (Fsp3) is 0.231. The number of hydrogen-bond acceptors (Lipinski definition) is 8. The lowest BCUT2D eigenvalue weighted by molar-refractivity contribution is -0.118. The molecule has 190 valence electrons. The van der Waals surface area contributed by atoms with Gasteiger partial charge in [-0.3, -0.25) is 14.2 Å². The fourth-order valence-electron chi connectivity index (χ4n) is 4.20. The zero-order valence-electron chi connectivity index (χ0n) is 20.1. The number of carbonyl (C=O) groups excluding carboxylic acids is 1. The van der Waals surface area contributed by atoms with Gasteiger partial charge in [0.05, 0.1) is 37.3 Å². The molecule has 0 bridgehead atoms. The van der Waals surface area contributed by atoms with E-state index in [4.69, 9.17) is 26.1 Å². The number of thioether (sulfide) groups is 1. The van der Waals surface area contributed by atoms with Crippen LogP contribution in [0.2, 0.25) is 5.02 Å². The van der Waals surface area contributed by atoms with E-state index < -0.39 is 0 Å². The predicted octanol–water partition coefficient (Wildman–Crippen LogP) is 4.85. The van der Waals surface area contributed by atoms with Crippen molar-refractivity contribution in [3.63, 3.8) is 0 Å². The lowest BCUT2D eigenvalue weighted by Gasteiger charge is -2.12. The molecule has 8 nitrogen and oxygen atoms in total. The molecule has 0 fully saturated rings. The van der Waals surface area contributed by atoms with Crippen molar-refractivity contribution in [3.05, 3.63) is 73.8 Å². The second-order valence-corrected chi connectivity index (χ2v) is 10.7. The highest BCUT2D eigenvalue weighted by Gasteiger charge is 2.24. The molecule has 0 aliphatic heterocycles. The van der Waals surface area contributed by atoms with Gasteiger partial charge in [0.15, 0.2) is 5.16 Å². The van der Waals surface area contributed by atoms with E-state index >= 15 is 0 Å². The Morgan fingerprint density at radius 2 is 2.03 bits per heavy atom. The Balaban J connectivity index is 1.38. The van der Waals surface area contributed by atoms with Crippen LogP contribution >= 0.6 is 34.7 Å². The first-order valence-corrected chi connectivity index (χ1v) is 13.7. The molecule has 1 aliphatic carbocycles. The Morgan fingerprint density at radius 3 is 2.78 bits per heavy atom. The average Bonchev–Trinajstić information content (AvgIpc) is 3.49. The fourth-order valence-corrected chi connectivity index (χ4v) is 6.43. The molecule has 1 aliphatic rings. The molecule has 1 N–H and O–H groups in total. The molecule has 1 amide bonds. The molecule has 0 saturated heterocycles. The molecule has 0 unspecified atom stereocenters. The van der Waals surface area contributed by atoms with Crippen LogP contribution in [0.3, 0.4) is 0 Å². The lowest BCUT2D eigenvalue weighted by Crippen LogP contribution is -2.24. The standard InChI is InChI=1S/C26H23ClN4O4S2/c1-34-18-11-6-15(20(12-18)35-2)13-28-30-22(32)14-36-26-29-24-23(19-4-3-5-21(19)37-24)25(33)31(26)17-9-7-16(27)8-10-17/h6-13H,3-5,14H2,1-2H3,(H,30,32). The molecule has 4 aromatic rings. The Bertz CT molecular complexity index is 1560. The minimum Gasteiger partial charge on any atom is -0.497 e. The number of nitrogens with zero attached hydrogens (tertiary/aromatic N) is 3. The van der Waals surface area contributed by atoms with Crippen molar-refractivity contribution in [1.82, 2.24) is 15.0 Å². The SMILES string of the molecule is COc1ccc(C=NNC(=O)CSc2nc3sc4c(c3c(=O)n2-c2ccc(Cl)cc2)CCC4)c(OC)c1. The van der Waals surface area contributed by atoms with Gasteiger partial charge in [-0.2, -0.15) is 5.10 Å². The summed E-state index contributed by atoms with van der Waals surface area (Å²) in [5.74, 6) is 0.910. The Hall–Kier alpha value is -3.34. The molecule has 2 aromatic carbocycles. The van der Waals surface area contributed by atoms with E-state index in [2.05, 4.69) is 10.5 Å². The number of methoxy groups -OCH3 is 2. The molecule has 5 rings (SSSR count). The van der Waals surface area contributed by atoms with Crippen LogP contribution in [0.1, 0.15) is 22.4 Å². The van der Waals surface area contributed by atoms with E-state index in [0.717, 1.165) is 24.8 Å². The monoisotopic (exact) mass is 554 g/mol. The second-order valence-electron chi connectivity index (χ2n) is 8.24. The van der Waals surface area contributed by atoms with E-state index in [1.165, 1.54) is 22.9 Å². The van der Waals surface area contributed by atoms with Gasteiger partial charge in [-0.1, -0.05) is 23.4 Å². The summed E-state index contributed by atoms with van der Waals surface area (Å²) in [7, 11) is 3.12. The van der Waals surface area contributed by atoms with Crippen LogP contribution in [0.5, 0.6) is 11.5 Å². The summed E-state index contributed by atoms with van der Waals surface area (Å²) < 4.78 is 12.1. The number of aromatic nitrogens is 2. The zero-order chi connectivity index (χ0) is 25.9. The maximum atomic E-state index is 13.7. The van der Waals surface area contributed by atoms with Gasteiger partial charge >= 0.3 is 0 Å². The summed E-state index contributed by atoms with van der Waals surface area (Å²) in [4.78, 5) is 33.0. The van der Waals surface area contributed by atoms with Crippen molar-refractivity contribution in [2.75, 3.05) is 20.0 Å². The molecule has 0 radical (unpaired) electrons. The summed E-state index contributed by atoms with van der Waals surface area (Å²) >= 11 is 8.83. The largest absolute Gasteiger partial charge is 0.497 e. The molecule has 2 aromatic heterocycles. The summed E-state index contributed by atoms with van der Waals surface area (Å²) in [6.07, 6.45) is 4.41. The van der Waals surface area contributed by atoms with Gasteiger partial charge in [0.2, 0.25) is 0 Å². The molecule has 0 saturated carbocycles. The van der Waals surface area contributed by atoms with Crippen LogP contribution in [0, 0.1) is 0 Å². The Kier molecular flexibility index (Phi) is 7.50. The summed E-state index contributed by atoms with van der Waals surface area (Å²) in [6.45, 7) is 0. The van der Waals surface area contributed by atoms with E-state index in [-0.39, 0.29) is 17.2 Å². The Morgan fingerprint density at radius 1 is 1.22 bits per heavy atom. The second kappa shape index (κ2) is 11.0. The number of rotatable bonds is 8. The number of carbonyl (C=O) groups is 1. The van der Waals surface area contributed by atoms with Crippen LogP contribution in [-0.2, 0) is 17.6 Å². The molecule has 0 atom stereocenters. The average molecular weight is 555 g/mol. The third kappa shape index (κ3) is 5.22. The predicted molar refractivity (Wildman–Crippen MR) is 148 cm³/mol. The van der Waals surface area contributed by atoms with Crippen molar-refractivity contribution in [3.8, 4) is 17.2 Å². The number of fused-ring (bicyclic) bond motifs is 3. The number of hydrazone groups is 1. The molecule has 11 heteroatoms. The number of ether oxygens (including phenoxy) is 2. The number of benzene rings is 2. The summed E-state index contributed by atoms with van der Waals surface area (Å²) in [5.41, 5.74) is 4.84. The maximum Gasteiger partial charge on any atom is 0.267 e. The number of thiophene rings is 1. The summed E-state index contributed by atoms with van der Waals surface area (Å²) in [6, 6.07) is 12.3. The third-order valence-electron chi connectivity index (χ3n) is 5.96. The van der Waals surface area contributed by atoms with Crippen molar-refractivity contribution in [1.29, 1.82) is 0 Å². The summed E-state index contributed by atoms with van der Waals surface area (Å²) in [5, 5.41) is 5.74. The highest BCUT2D eigenvalue weighted by atomic mass is 35.5. The number of nitrogens with one attached hydrogen (secondary N) is 1. The minimum atomic E-state index is -0.334. The van der Waals surface area contributed by atoms with Gasteiger partial charge in [-0.05, 0) is 61.2 Å². The number of aryl methyl sites for hydroxylation is 2. The van der Waals surface area contributed by atoms with Gasteiger partial charge < -0.3 is 9.47 Å². The zero-order valence-corrected chi connectivity index (χ0v) is 22.5. The number of hydrogen-bond donors (Lipinski definition) is 1. The topological polar surface area (TPSA) is 94.8 Å². The lowest BCUT2D eigenvalue weighted by atomic mass is 10.2. The maximum absolute atomic E-state index is 13.7. The molecule has 0 spiro atoms. The highest BCUT2D eigenvalue weighted by molar-refractivity contribution is 7.99. The van der Waals surface area contributed by atoms with Crippen molar-refractivity contribution in [2.45, 2.75) is 24.4 Å². The first-order valence-electron chi connectivity index (χ1n) is 11.5. The highest BCUT2D eigenvalue weighted by Crippen LogP contribution is 2.36. The van der Waals surface area contributed by atoms with E-state index in [0.29, 0.717) is 43.1 Å². The van der Waals surface area contributed by atoms with Gasteiger partial charge in [0, 0.05) is 21.5 Å². The quantitative estimate of drug-likeness (QED) is 0.145. The number of amides is 1. The first-order chi connectivity index (χ1) is 18.0. The van der Waals surface area contributed by atoms with Crippen LogP contribution in [0.15, 0.2) is 57.5 Å². The molecule has 37 heavy (non-hydrogen) atoms. The van der Waals surface area contributed by atoms with Gasteiger partial charge in [-0.25, -0.2) is 10.4 Å². The number of halogens is 1. The van der Waals surface area contributed by atoms with E-state index in [9.17, 15) is 9.59 Å². The van der Waals surface area contributed by atoms with Crippen LogP contribution < -0.4 is 20.5 Å². The van der Waals surface area contributed by atoms with Crippen LogP contribution in [0.25, 0.3) is 15.9 Å². The normalized spacial score (nSPS) is 12.7. The van der Waals surface area contributed by atoms with Crippen LogP contribution in [0.4, 0.5) is 0 Å². The minimum absolute atomic E-state index is 0.0215. The van der Waals surface area contributed by atoms with Crippen molar-refractivity contribution < 1.29 is 14.3 Å². The van der Waals surface area contributed by atoms with Gasteiger partial charge in [0.1, 0.15) is 16.3 Å². The van der Waals surface area contributed by atoms with Crippen LogP contribution in [-0.4, -0.2) is 41.6 Å². The van der Waals surface area contributed by atoms with Crippen molar-refractivity contribution in [2.24, 2.45) is 5.10 Å². The van der Waals surface area contributed by atoms with Gasteiger partial charge in [-0.15, -0.1) is 11.3 Å². The Labute approximate surface area is 226 Å². The smallest absolute Gasteiger partial charge is 0.267 e. The third-order valence-corrected chi connectivity index (χ3v) is 8.34. The van der Waals surface area contributed by atoms with Gasteiger partial charge in [0.25, 0.3) is 11.5 Å². The van der Waals surface area contributed by atoms with E-state index in [1.807, 2.05) is 0 Å². The molecular weight excluding hydrogens is 532 g/mol. The van der Waals surface area contributed by atoms with E-state index in [1.54, 1.807) is 72.6 Å².